The quantitative estimate of drug-likeness (QED) is 0.814. The Labute approximate surface area is 156 Å². The van der Waals surface area contributed by atoms with Gasteiger partial charge < -0.3 is 9.64 Å². The van der Waals surface area contributed by atoms with Crippen LogP contribution in [0.5, 0.6) is 5.75 Å². The van der Waals surface area contributed by atoms with Crippen LogP contribution in [0, 0.1) is 0 Å². The summed E-state index contributed by atoms with van der Waals surface area (Å²) >= 11 is 0. The molecule has 4 nitrogen and oxygen atoms in total. The van der Waals surface area contributed by atoms with Gasteiger partial charge in [0.15, 0.2) is 0 Å². The van der Waals surface area contributed by atoms with Gasteiger partial charge in [0.25, 0.3) is 5.91 Å². The Morgan fingerprint density at radius 2 is 1.56 bits per heavy atom. The number of nitrogens with zero attached hydrogens (tertiary/aromatic N) is 2. The number of rotatable bonds is 4. The maximum Gasteiger partial charge on any atom is 0.416 e. The number of amides is 1. The van der Waals surface area contributed by atoms with Crippen LogP contribution in [0.4, 0.5) is 13.2 Å². The van der Waals surface area contributed by atoms with E-state index in [0.717, 1.165) is 37.5 Å². The number of hydrogen-bond donors (Lipinski definition) is 0. The topological polar surface area (TPSA) is 32.8 Å². The van der Waals surface area contributed by atoms with Gasteiger partial charge in [0.2, 0.25) is 0 Å². The third-order valence-corrected chi connectivity index (χ3v) is 4.68. The summed E-state index contributed by atoms with van der Waals surface area (Å²) in [6, 6.07) is 12.3. The highest BCUT2D eigenvalue weighted by molar-refractivity contribution is 5.94. The first-order valence-corrected chi connectivity index (χ1v) is 8.68. The summed E-state index contributed by atoms with van der Waals surface area (Å²) in [4.78, 5) is 16.4. The fourth-order valence-corrected chi connectivity index (χ4v) is 3.08. The first-order chi connectivity index (χ1) is 12.9. The van der Waals surface area contributed by atoms with E-state index in [4.69, 9.17) is 4.74 Å². The molecule has 0 aliphatic carbocycles. The number of carbonyl (C=O) groups excluding carboxylic acids is 1. The minimum Gasteiger partial charge on any atom is -0.497 e. The van der Waals surface area contributed by atoms with Crippen LogP contribution in [0.3, 0.4) is 0 Å². The summed E-state index contributed by atoms with van der Waals surface area (Å²) in [5, 5.41) is 0. The van der Waals surface area contributed by atoms with Crippen LogP contribution in [0.25, 0.3) is 0 Å². The van der Waals surface area contributed by atoms with Crippen LogP contribution in [0.2, 0.25) is 0 Å². The molecule has 0 atom stereocenters. The fourth-order valence-electron chi connectivity index (χ4n) is 3.08. The molecule has 27 heavy (non-hydrogen) atoms. The minimum absolute atomic E-state index is 0.229. The van der Waals surface area contributed by atoms with Gasteiger partial charge in [-0.25, -0.2) is 0 Å². The van der Waals surface area contributed by atoms with E-state index in [1.165, 1.54) is 17.7 Å². The van der Waals surface area contributed by atoms with Crippen molar-refractivity contribution in [2.24, 2.45) is 0 Å². The molecule has 2 aromatic rings. The molecule has 0 aromatic heterocycles. The van der Waals surface area contributed by atoms with Gasteiger partial charge in [-0.05, 0) is 42.0 Å². The maximum atomic E-state index is 12.6. The molecule has 1 heterocycles. The number of halogens is 3. The van der Waals surface area contributed by atoms with Crippen LogP contribution < -0.4 is 4.74 Å². The number of ether oxygens (including phenoxy) is 1. The maximum absolute atomic E-state index is 12.6. The second kappa shape index (κ2) is 8.00. The molecule has 2 aromatic carbocycles. The summed E-state index contributed by atoms with van der Waals surface area (Å²) in [6.45, 7) is 3.33. The number of benzene rings is 2. The number of piperazine rings is 1. The van der Waals surface area contributed by atoms with Crippen molar-refractivity contribution >= 4 is 5.91 Å². The van der Waals surface area contributed by atoms with E-state index in [9.17, 15) is 18.0 Å². The van der Waals surface area contributed by atoms with Gasteiger partial charge >= 0.3 is 6.18 Å². The lowest BCUT2D eigenvalue weighted by Gasteiger charge is -2.34. The standard InChI is InChI=1S/C20H21F3N2O2/c1-27-18-8-2-15(3-9-18)14-24-10-12-25(13-11-24)19(26)16-4-6-17(7-5-16)20(21,22)23/h2-9H,10-14H2,1H3. The number of hydrogen-bond acceptors (Lipinski definition) is 3. The predicted octanol–water partition coefficient (Wildman–Crippen LogP) is 3.67. The highest BCUT2D eigenvalue weighted by Crippen LogP contribution is 2.29. The summed E-state index contributed by atoms with van der Waals surface area (Å²) in [7, 11) is 1.63. The van der Waals surface area contributed by atoms with Gasteiger partial charge in [0.05, 0.1) is 12.7 Å². The van der Waals surface area contributed by atoms with Crippen molar-refractivity contribution < 1.29 is 22.7 Å². The van der Waals surface area contributed by atoms with E-state index >= 15 is 0 Å². The highest BCUT2D eigenvalue weighted by atomic mass is 19.4. The van der Waals surface area contributed by atoms with E-state index in [1.54, 1.807) is 12.0 Å². The molecule has 1 fully saturated rings. The Hall–Kier alpha value is -2.54. The van der Waals surface area contributed by atoms with Crippen LogP contribution in [0.1, 0.15) is 21.5 Å². The largest absolute Gasteiger partial charge is 0.497 e. The molecule has 1 saturated heterocycles. The summed E-state index contributed by atoms with van der Waals surface area (Å²) in [5.41, 5.74) is 0.702. The van der Waals surface area contributed by atoms with E-state index in [0.29, 0.717) is 13.1 Å². The molecule has 3 rings (SSSR count). The predicted molar refractivity (Wildman–Crippen MR) is 95.6 cm³/mol. The molecule has 144 valence electrons. The molecular formula is C20H21F3N2O2. The lowest BCUT2D eigenvalue weighted by molar-refractivity contribution is -0.137. The second-order valence-electron chi connectivity index (χ2n) is 6.49. The van der Waals surface area contributed by atoms with E-state index < -0.39 is 11.7 Å². The lowest BCUT2D eigenvalue weighted by atomic mass is 10.1. The van der Waals surface area contributed by atoms with Gasteiger partial charge in [0, 0.05) is 38.3 Å². The van der Waals surface area contributed by atoms with E-state index in [2.05, 4.69) is 4.90 Å². The SMILES string of the molecule is COc1ccc(CN2CCN(C(=O)c3ccc(C(F)(F)F)cc3)CC2)cc1. The average Bonchev–Trinajstić information content (AvgIpc) is 2.68. The van der Waals surface area contributed by atoms with Crippen molar-refractivity contribution in [2.45, 2.75) is 12.7 Å². The molecule has 1 amide bonds. The minimum atomic E-state index is -4.39. The Balaban J connectivity index is 1.54. The lowest BCUT2D eigenvalue weighted by Crippen LogP contribution is -2.48. The average molecular weight is 378 g/mol. The first kappa shape index (κ1) is 19.2. The zero-order chi connectivity index (χ0) is 19.4. The van der Waals surface area contributed by atoms with Crippen LogP contribution >= 0.6 is 0 Å². The van der Waals surface area contributed by atoms with Gasteiger partial charge in [0.1, 0.15) is 5.75 Å². The molecule has 1 aliphatic heterocycles. The summed E-state index contributed by atoms with van der Waals surface area (Å²) in [5.74, 6) is 0.582. The molecule has 0 N–H and O–H groups in total. The van der Waals surface area contributed by atoms with Crippen LogP contribution in [-0.2, 0) is 12.7 Å². The monoisotopic (exact) mass is 378 g/mol. The number of methoxy groups -OCH3 is 1. The molecule has 0 spiro atoms. The zero-order valence-electron chi connectivity index (χ0n) is 15.0. The summed E-state index contributed by atoms with van der Waals surface area (Å²) < 4.78 is 43.0. The van der Waals surface area contributed by atoms with Gasteiger partial charge in [-0.2, -0.15) is 13.2 Å². The van der Waals surface area contributed by atoms with Crippen molar-refractivity contribution in [1.82, 2.24) is 9.80 Å². The van der Waals surface area contributed by atoms with Crippen molar-refractivity contribution in [3.05, 3.63) is 65.2 Å². The third-order valence-electron chi connectivity index (χ3n) is 4.68. The molecule has 1 aliphatic rings. The molecule has 0 unspecified atom stereocenters. The zero-order valence-corrected chi connectivity index (χ0v) is 15.0. The Kier molecular flexibility index (Phi) is 5.70. The Bertz CT molecular complexity index is 765. The second-order valence-corrected chi connectivity index (χ2v) is 6.49. The van der Waals surface area contributed by atoms with E-state index in [-0.39, 0.29) is 11.5 Å². The van der Waals surface area contributed by atoms with Crippen molar-refractivity contribution in [1.29, 1.82) is 0 Å². The molecule has 0 bridgehead atoms. The number of carbonyl (C=O) groups is 1. The van der Waals surface area contributed by atoms with Crippen molar-refractivity contribution in [2.75, 3.05) is 33.3 Å². The van der Waals surface area contributed by atoms with Crippen LogP contribution in [0.15, 0.2) is 48.5 Å². The van der Waals surface area contributed by atoms with Gasteiger partial charge in [-0.1, -0.05) is 12.1 Å². The normalized spacial score (nSPS) is 15.6. The van der Waals surface area contributed by atoms with Gasteiger partial charge in [-0.3, -0.25) is 9.69 Å². The third kappa shape index (κ3) is 4.80. The van der Waals surface area contributed by atoms with E-state index in [1.807, 2.05) is 24.3 Å². The van der Waals surface area contributed by atoms with Crippen LogP contribution in [-0.4, -0.2) is 49.0 Å². The number of alkyl halides is 3. The Morgan fingerprint density at radius 3 is 2.07 bits per heavy atom. The Morgan fingerprint density at radius 1 is 0.963 bits per heavy atom. The molecule has 0 saturated carbocycles. The van der Waals surface area contributed by atoms with Crippen molar-refractivity contribution in [3.8, 4) is 5.75 Å². The summed E-state index contributed by atoms with van der Waals surface area (Å²) in [6.07, 6.45) is -4.39. The van der Waals surface area contributed by atoms with Gasteiger partial charge in [-0.15, -0.1) is 0 Å². The van der Waals surface area contributed by atoms with Crippen molar-refractivity contribution in [3.63, 3.8) is 0 Å². The first-order valence-electron chi connectivity index (χ1n) is 8.68. The molecule has 7 heteroatoms. The smallest absolute Gasteiger partial charge is 0.416 e. The fraction of sp³-hybridized carbons (Fsp3) is 0.350. The molecule has 0 radical (unpaired) electrons. The highest BCUT2D eigenvalue weighted by Gasteiger charge is 2.30. The molecular weight excluding hydrogens is 357 g/mol.